The van der Waals surface area contributed by atoms with Crippen molar-refractivity contribution in [3.8, 4) is 0 Å². The molecule has 0 fully saturated rings. The van der Waals surface area contributed by atoms with Gasteiger partial charge in [-0.1, -0.05) is 37.1 Å². The number of fused-ring (bicyclic) bond motifs is 1. The molecule has 0 aliphatic heterocycles. The van der Waals surface area contributed by atoms with Crippen LogP contribution in [0.25, 0.3) is 0 Å². The highest BCUT2D eigenvalue weighted by Crippen LogP contribution is 2.21. The number of benzene rings is 1. The Morgan fingerprint density at radius 1 is 1.00 bits per heavy atom. The molecule has 0 bridgehead atoms. The summed E-state index contributed by atoms with van der Waals surface area (Å²) in [5.74, 6) is 0. The van der Waals surface area contributed by atoms with Gasteiger partial charge in [0.05, 0.1) is 0 Å². The van der Waals surface area contributed by atoms with Crippen LogP contribution in [0.3, 0.4) is 0 Å². The molecule has 0 saturated carbocycles. The summed E-state index contributed by atoms with van der Waals surface area (Å²) in [6.45, 7) is 1.99. The molecule has 17 heavy (non-hydrogen) atoms. The third-order valence-corrected chi connectivity index (χ3v) is 3.61. The first-order valence-corrected chi connectivity index (χ1v) is 6.90. The molecule has 2 heteroatoms. The first kappa shape index (κ1) is 12.6. The van der Waals surface area contributed by atoms with Gasteiger partial charge in [0.1, 0.15) is 0 Å². The van der Waals surface area contributed by atoms with Gasteiger partial charge in [-0.3, -0.25) is 0 Å². The quantitative estimate of drug-likeness (QED) is 0.708. The van der Waals surface area contributed by atoms with Crippen LogP contribution in [-0.4, -0.2) is 19.1 Å². The highest BCUT2D eigenvalue weighted by Gasteiger charge is 2.19. The van der Waals surface area contributed by atoms with E-state index in [1.165, 1.54) is 49.7 Å². The van der Waals surface area contributed by atoms with Gasteiger partial charge in [0.25, 0.3) is 0 Å². The SMILES string of the molecule is NCCCCCCNC1Cc2ccccc2C1. The van der Waals surface area contributed by atoms with Gasteiger partial charge in [0.15, 0.2) is 0 Å². The molecule has 0 atom stereocenters. The predicted octanol–water partition coefficient (Wildman–Crippen LogP) is 2.26. The minimum absolute atomic E-state index is 0.668. The summed E-state index contributed by atoms with van der Waals surface area (Å²) in [5, 5.41) is 3.67. The van der Waals surface area contributed by atoms with E-state index in [2.05, 4.69) is 29.6 Å². The van der Waals surface area contributed by atoms with E-state index in [1.807, 2.05) is 0 Å². The highest BCUT2D eigenvalue weighted by atomic mass is 14.9. The lowest BCUT2D eigenvalue weighted by molar-refractivity contribution is 0.507. The van der Waals surface area contributed by atoms with Crippen molar-refractivity contribution in [2.24, 2.45) is 5.73 Å². The molecule has 1 aliphatic carbocycles. The molecular weight excluding hydrogens is 208 g/mol. The Kier molecular flexibility index (Phi) is 5.02. The summed E-state index contributed by atoms with van der Waals surface area (Å²) in [5.41, 5.74) is 8.55. The molecule has 2 nitrogen and oxygen atoms in total. The van der Waals surface area contributed by atoms with E-state index in [-0.39, 0.29) is 0 Å². The Hall–Kier alpha value is -0.860. The zero-order valence-electron chi connectivity index (χ0n) is 10.6. The molecule has 0 aromatic heterocycles. The van der Waals surface area contributed by atoms with E-state index in [9.17, 15) is 0 Å². The van der Waals surface area contributed by atoms with Crippen molar-refractivity contribution in [2.45, 2.75) is 44.6 Å². The van der Waals surface area contributed by atoms with Crippen molar-refractivity contribution >= 4 is 0 Å². The minimum atomic E-state index is 0.668. The van der Waals surface area contributed by atoms with Gasteiger partial charge in [-0.2, -0.15) is 0 Å². The lowest BCUT2D eigenvalue weighted by Gasteiger charge is -2.11. The Morgan fingerprint density at radius 3 is 2.29 bits per heavy atom. The van der Waals surface area contributed by atoms with Crippen molar-refractivity contribution in [3.05, 3.63) is 35.4 Å². The van der Waals surface area contributed by atoms with Gasteiger partial charge >= 0.3 is 0 Å². The second-order valence-electron chi connectivity index (χ2n) is 5.03. The number of nitrogens with two attached hydrogens (primary N) is 1. The molecule has 0 unspecified atom stereocenters. The lowest BCUT2D eigenvalue weighted by atomic mass is 10.1. The average molecular weight is 232 g/mol. The van der Waals surface area contributed by atoms with Crippen LogP contribution in [0.15, 0.2) is 24.3 Å². The van der Waals surface area contributed by atoms with Gasteiger partial charge in [0.2, 0.25) is 0 Å². The minimum Gasteiger partial charge on any atom is -0.330 e. The predicted molar refractivity (Wildman–Crippen MR) is 73.2 cm³/mol. The molecule has 94 valence electrons. The topological polar surface area (TPSA) is 38.0 Å². The van der Waals surface area contributed by atoms with Crippen molar-refractivity contribution in [1.82, 2.24) is 5.32 Å². The van der Waals surface area contributed by atoms with Crippen molar-refractivity contribution < 1.29 is 0 Å². The summed E-state index contributed by atoms with van der Waals surface area (Å²) < 4.78 is 0. The van der Waals surface area contributed by atoms with Crippen LogP contribution in [0, 0.1) is 0 Å². The van der Waals surface area contributed by atoms with Crippen LogP contribution in [-0.2, 0) is 12.8 Å². The summed E-state index contributed by atoms with van der Waals surface area (Å²) in [4.78, 5) is 0. The van der Waals surface area contributed by atoms with Gasteiger partial charge in [-0.15, -0.1) is 0 Å². The highest BCUT2D eigenvalue weighted by molar-refractivity contribution is 5.33. The van der Waals surface area contributed by atoms with Crippen LogP contribution in [0.4, 0.5) is 0 Å². The summed E-state index contributed by atoms with van der Waals surface area (Å²) in [6, 6.07) is 9.49. The fraction of sp³-hybridized carbons (Fsp3) is 0.600. The number of rotatable bonds is 7. The Balaban J connectivity index is 1.60. The summed E-state index contributed by atoms with van der Waals surface area (Å²) in [6.07, 6.45) is 7.46. The van der Waals surface area contributed by atoms with Gasteiger partial charge in [-0.25, -0.2) is 0 Å². The van der Waals surface area contributed by atoms with E-state index < -0.39 is 0 Å². The van der Waals surface area contributed by atoms with Crippen LogP contribution >= 0.6 is 0 Å². The number of hydrogen-bond acceptors (Lipinski definition) is 2. The Morgan fingerprint density at radius 2 is 1.65 bits per heavy atom. The number of unbranched alkanes of at least 4 members (excludes halogenated alkanes) is 3. The van der Waals surface area contributed by atoms with E-state index in [0.717, 1.165) is 13.1 Å². The first-order chi connectivity index (χ1) is 8.40. The normalized spacial score (nSPS) is 15.1. The zero-order valence-corrected chi connectivity index (χ0v) is 10.6. The van der Waals surface area contributed by atoms with Gasteiger partial charge in [0, 0.05) is 6.04 Å². The zero-order chi connectivity index (χ0) is 11.9. The van der Waals surface area contributed by atoms with Crippen LogP contribution < -0.4 is 11.1 Å². The Bertz CT molecular complexity index is 310. The molecule has 2 rings (SSSR count). The summed E-state index contributed by atoms with van der Waals surface area (Å²) >= 11 is 0. The van der Waals surface area contributed by atoms with E-state index >= 15 is 0 Å². The Labute approximate surface area is 105 Å². The molecule has 0 spiro atoms. The molecule has 1 aromatic rings. The van der Waals surface area contributed by atoms with Crippen LogP contribution in [0.2, 0.25) is 0 Å². The van der Waals surface area contributed by atoms with Crippen LogP contribution in [0.1, 0.15) is 36.8 Å². The molecule has 0 heterocycles. The molecule has 3 N–H and O–H groups in total. The van der Waals surface area contributed by atoms with Crippen molar-refractivity contribution in [3.63, 3.8) is 0 Å². The van der Waals surface area contributed by atoms with Gasteiger partial charge in [-0.05, 0) is 49.9 Å². The summed E-state index contributed by atoms with van der Waals surface area (Å²) in [7, 11) is 0. The maximum absolute atomic E-state index is 5.48. The molecule has 0 radical (unpaired) electrons. The van der Waals surface area contributed by atoms with Crippen LogP contribution in [0.5, 0.6) is 0 Å². The largest absolute Gasteiger partial charge is 0.330 e. The van der Waals surface area contributed by atoms with Gasteiger partial charge < -0.3 is 11.1 Å². The second-order valence-corrected chi connectivity index (χ2v) is 5.03. The number of nitrogens with one attached hydrogen (secondary N) is 1. The molecule has 1 aliphatic rings. The van der Waals surface area contributed by atoms with Crippen molar-refractivity contribution in [1.29, 1.82) is 0 Å². The molecule has 0 amide bonds. The van der Waals surface area contributed by atoms with E-state index in [0.29, 0.717) is 6.04 Å². The fourth-order valence-corrected chi connectivity index (χ4v) is 2.63. The maximum Gasteiger partial charge on any atom is 0.0148 e. The van der Waals surface area contributed by atoms with Crippen molar-refractivity contribution in [2.75, 3.05) is 13.1 Å². The van der Waals surface area contributed by atoms with E-state index in [4.69, 9.17) is 5.73 Å². The smallest absolute Gasteiger partial charge is 0.0148 e. The molecule has 1 aromatic carbocycles. The first-order valence-electron chi connectivity index (χ1n) is 6.90. The lowest BCUT2D eigenvalue weighted by Crippen LogP contribution is -2.30. The standard InChI is InChI=1S/C15H24N2/c16-9-5-1-2-6-10-17-15-11-13-7-3-4-8-14(13)12-15/h3-4,7-8,15,17H,1-2,5-6,9-12,16H2. The molecule has 0 saturated heterocycles. The third-order valence-electron chi connectivity index (χ3n) is 3.61. The monoisotopic (exact) mass is 232 g/mol. The third kappa shape index (κ3) is 3.83. The van der Waals surface area contributed by atoms with E-state index in [1.54, 1.807) is 0 Å². The fourth-order valence-electron chi connectivity index (χ4n) is 2.63. The average Bonchev–Trinajstić information content (AvgIpc) is 2.76. The maximum atomic E-state index is 5.48. The number of hydrogen-bond donors (Lipinski definition) is 2. The second kappa shape index (κ2) is 6.77. The molecular formula is C15H24N2.